The van der Waals surface area contributed by atoms with Gasteiger partial charge >= 0.3 is 0 Å². The maximum Gasteiger partial charge on any atom is 0.250 e. The third-order valence-corrected chi connectivity index (χ3v) is 3.75. The molecule has 100 valence electrons. The highest BCUT2D eigenvalue weighted by molar-refractivity contribution is 7.09. The fourth-order valence-corrected chi connectivity index (χ4v) is 2.45. The molecule has 0 spiro atoms. The summed E-state index contributed by atoms with van der Waals surface area (Å²) >= 11 is 1.66. The number of nitrogens with zero attached hydrogens (tertiary/aromatic N) is 1. The maximum atomic E-state index is 11.7. The Kier molecular flexibility index (Phi) is 4.52. The van der Waals surface area contributed by atoms with Crippen molar-refractivity contribution in [2.75, 3.05) is 0 Å². The first kappa shape index (κ1) is 13.5. The lowest BCUT2D eigenvalue weighted by atomic mass is 10.2. The van der Waals surface area contributed by atoms with Gasteiger partial charge in [0, 0.05) is 37.2 Å². The highest BCUT2D eigenvalue weighted by Gasteiger charge is 2.03. The van der Waals surface area contributed by atoms with Gasteiger partial charge in [0.15, 0.2) is 0 Å². The summed E-state index contributed by atoms with van der Waals surface area (Å²) < 4.78 is 1.51. The predicted molar refractivity (Wildman–Crippen MR) is 76.2 cm³/mol. The van der Waals surface area contributed by atoms with Crippen LogP contribution < -0.4 is 10.9 Å². The molecule has 0 aliphatic heterocycles. The zero-order chi connectivity index (χ0) is 13.7. The predicted octanol–water partition coefficient (Wildman–Crippen LogP) is 1.70. The minimum absolute atomic E-state index is 0.0299. The summed E-state index contributed by atoms with van der Waals surface area (Å²) in [6.45, 7) is 0.456. The molecule has 0 aliphatic rings. The third-order valence-electron chi connectivity index (χ3n) is 2.82. The van der Waals surface area contributed by atoms with Crippen molar-refractivity contribution in [3.63, 3.8) is 0 Å². The van der Waals surface area contributed by atoms with E-state index in [1.165, 1.54) is 15.5 Å². The molecule has 0 saturated carbocycles. The standard InChI is InChI=1S/C14H16N2O2S/c1-16-10-11(4-7-14(16)18)9-15-13(17)6-5-12-3-2-8-19-12/h2-4,7-8,10H,5-6,9H2,1H3,(H,15,17). The molecule has 0 aliphatic carbocycles. The van der Waals surface area contributed by atoms with Crippen LogP contribution in [0.25, 0.3) is 0 Å². The molecule has 0 aromatic carbocycles. The number of rotatable bonds is 5. The smallest absolute Gasteiger partial charge is 0.250 e. The molecule has 4 nitrogen and oxygen atoms in total. The normalized spacial score (nSPS) is 10.4. The van der Waals surface area contributed by atoms with Crippen LogP contribution in [0.4, 0.5) is 0 Å². The van der Waals surface area contributed by atoms with Crippen LogP contribution in [0, 0.1) is 0 Å². The number of hydrogen-bond acceptors (Lipinski definition) is 3. The summed E-state index contributed by atoms with van der Waals surface area (Å²) in [4.78, 5) is 24.1. The van der Waals surface area contributed by atoms with Gasteiger partial charge in [-0.2, -0.15) is 0 Å². The van der Waals surface area contributed by atoms with E-state index in [-0.39, 0.29) is 11.5 Å². The molecule has 0 unspecified atom stereocenters. The van der Waals surface area contributed by atoms with E-state index in [1.54, 1.807) is 30.6 Å². The van der Waals surface area contributed by atoms with E-state index in [1.807, 2.05) is 17.5 Å². The Hall–Kier alpha value is -1.88. The Balaban J connectivity index is 1.79. The maximum absolute atomic E-state index is 11.7. The number of amides is 1. The summed E-state index contributed by atoms with van der Waals surface area (Å²) in [5.74, 6) is 0.0299. The highest BCUT2D eigenvalue weighted by Crippen LogP contribution is 2.10. The number of pyridine rings is 1. The van der Waals surface area contributed by atoms with Crippen LogP contribution in [0.5, 0.6) is 0 Å². The molecule has 0 atom stereocenters. The second-order valence-corrected chi connectivity index (χ2v) is 5.37. The van der Waals surface area contributed by atoms with Gasteiger partial charge in [-0.1, -0.05) is 12.1 Å². The molecule has 0 bridgehead atoms. The van der Waals surface area contributed by atoms with Crippen molar-refractivity contribution in [1.82, 2.24) is 9.88 Å². The Bertz CT molecular complexity index is 602. The Morgan fingerprint density at radius 3 is 2.89 bits per heavy atom. The van der Waals surface area contributed by atoms with Gasteiger partial charge in [-0.15, -0.1) is 11.3 Å². The van der Waals surface area contributed by atoms with Gasteiger partial charge in [0.05, 0.1) is 0 Å². The van der Waals surface area contributed by atoms with Crippen LogP contribution in [0.2, 0.25) is 0 Å². The summed E-state index contributed by atoms with van der Waals surface area (Å²) in [5, 5.41) is 4.87. The molecular weight excluding hydrogens is 260 g/mol. The first-order valence-electron chi connectivity index (χ1n) is 6.10. The lowest BCUT2D eigenvalue weighted by Gasteiger charge is -2.06. The molecule has 1 N–H and O–H groups in total. The molecule has 0 saturated heterocycles. The van der Waals surface area contributed by atoms with E-state index >= 15 is 0 Å². The van der Waals surface area contributed by atoms with Crippen molar-refractivity contribution in [3.05, 3.63) is 56.6 Å². The number of hydrogen-bond donors (Lipinski definition) is 1. The van der Waals surface area contributed by atoms with Crippen LogP contribution in [-0.4, -0.2) is 10.5 Å². The summed E-state index contributed by atoms with van der Waals surface area (Å²) in [7, 11) is 1.70. The van der Waals surface area contributed by atoms with Gasteiger partial charge in [-0.25, -0.2) is 0 Å². The number of carbonyl (C=O) groups is 1. The second kappa shape index (κ2) is 6.33. The van der Waals surface area contributed by atoms with Crippen LogP contribution in [0.15, 0.2) is 40.6 Å². The average Bonchev–Trinajstić information content (AvgIpc) is 2.91. The number of nitrogens with one attached hydrogen (secondary N) is 1. The van der Waals surface area contributed by atoms with E-state index in [9.17, 15) is 9.59 Å². The topological polar surface area (TPSA) is 51.1 Å². The van der Waals surface area contributed by atoms with Gasteiger partial charge < -0.3 is 9.88 Å². The van der Waals surface area contributed by atoms with Crippen molar-refractivity contribution in [3.8, 4) is 0 Å². The first-order chi connectivity index (χ1) is 9.15. The van der Waals surface area contributed by atoms with E-state index in [0.717, 1.165) is 12.0 Å². The number of carbonyl (C=O) groups excluding carboxylic acids is 1. The molecular formula is C14H16N2O2S. The number of aryl methyl sites for hydroxylation is 2. The molecule has 5 heteroatoms. The lowest BCUT2D eigenvalue weighted by Crippen LogP contribution is -2.24. The fraction of sp³-hybridized carbons (Fsp3) is 0.286. The molecule has 19 heavy (non-hydrogen) atoms. The van der Waals surface area contributed by atoms with E-state index in [2.05, 4.69) is 5.32 Å². The molecule has 2 heterocycles. The van der Waals surface area contributed by atoms with Crippen molar-refractivity contribution >= 4 is 17.2 Å². The summed E-state index contributed by atoms with van der Waals surface area (Å²) in [6.07, 6.45) is 3.00. The molecule has 2 aromatic heterocycles. The van der Waals surface area contributed by atoms with E-state index in [0.29, 0.717) is 13.0 Å². The van der Waals surface area contributed by atoms with Gasteiger partial charge in [0.1, 0.15) is 0 Å². The summed E-state index contributed by atoms with van der Waals surface area (Å²) in [6, 6.07) is 7.27. The van der Waals surface area contributed by atoms with E-state index in [4.69, 9.17) is 0 Å². The van der Waals surface area contributed by atoms with Crippen molar-refractivity contribution in [1.29, 1.82) is 0 Å². The van der Waals surface area contributed by atoms with Gasteiger partial charge in [-0.05, 0) is 23.4 Å². The van der Waals surface area contributed by atoms with Gasteiger partial charge in [-0.3, -0.25) is 9.59 Å². The van der Waals surface area contributed by atoms with Crippen LogP contribution in [0.3, 0.4) is 0 Å². The molecule has 2 rings (SSSR count). The lowest BCUT2D eigenvalue weighted by molar-refractivity contribution is -0.121. The molecule has 0 fully saturated rings. The zero-order valence-electron chi connectivity index (χ0n) is 10.8. The van der Waals surface area contributed by atoms with Crippen LogP contribution >= 0.6 is 11.3 Å². The van der Waals surface area contributed by atoms with E-state index < -0.39 is 0 Å². The van der Waals surface area contributed by atoms with Gasteiger partial charge in [0.25, 0.3) is 0 Å². The monoisotopic (exact) mass is 276 g/mol. The highest BCUT2D eigenvalue weighted by atomic mass is 32.1. The number of aromatic nitrogens is 1. The van der Waals surface area contributed by atoms with Crippen LogP contribution in [0.1, 0.15) is 16.9 Å². The Morgan fingerprint density at radius 1 is 1.37 bits per heavy atom. The third kappa shape index (κ3) is 4.06. The van der Waals surface area contributed by atoms with Crippen molar-refractivity contribution in [2.24, 2.45) is 7.05 Å². The fourth-order valence-electron chi connectivity index (χ4n) is 1.74. The minimum atomic E-state index is -0.0484. The van der Waals surface area contributed by atoms with Gasteiger partial charge in [0.2, 0.25) is 11.5 Å². The average molecular weight is 276 g/mol. The minimum Gasteiger partial charge on any atom is -0.352 e. The van der Waals surface area contributed by atoms with Crippen molar-refractivity contribution in [2.45, 2.75) is 19.4 Å². The zero-order valence-corrected chi connectivity index (χ0v) is 11.6. The Labute approximate surface area is 115 Å². The number of thiophene rings is 1. The largest absolute Gasteiger partial charge is 0.352 e. The quantitative estimate of drug-likeness (QED) is 0.903. The summed E-state index contributed by atoms with van der Waals surface area (Å²) in [5.41, 5.74) is 0.874. The first-order valence-corrected chi connectivity index (χ1v) is 6.98. The van der Waals surface area contributed by atoms with Crippen LogP contribution in [-0.2, 0) is 24.8 Å². The molecule has 0 radical (unpaired) electrons. The molecule has 2 aromatic rings. The van der Waals surface area contributed by atoms with Crippen molar-refractivity contribution < 1.29 is 4.79 Å². The molecule has 1 amide bonds. The Morgan fingerprint density at radius 2 is 2.21 bits per heavy atom. The SMILES string of the molecule is Cn1cc(CNC(=O)CCc2cccs2)ccc1=O. The second-order valence-electron chi connectivity index (χ2n) is 4.34.